The Morgan fingerprint density at radius 3 is 1.69 bits per heavy atom. The molecule has 0 amide bonds. The lowest BCUT2D eigenvalue weighted by atomic mass is 9.79. The molecule has 0 radical (unpaired) electrons. The minimum atomic E-state index is -1.27. The highest BCUT2D eigenvalue weighted by atomic mass is 19.1. The lowest BCUT2D eigenvalue weighted by molar-refractivity contribution is 0.220. The summed E-state index contributed by atoms with van der Waals surface area (Å²) in [6.07, 6.45) is 0. The van der Waals surface area contributed by atoms with Crippen LogP contribution in [0.15, 0.2) is 12.1 Å². The normalized spacial score (nSPS) is 13.0. The summed E-state index contributed by atoms with van der Waals surface area (Å²) in [4.78, 5) is 0. The lowest BCUT2D eigenvalue weighted by Crippen LogP contribution is -2.19. The van der Waals surface area contributed by atoms with E-state index in [1.807, 2.05) is 19.9 Å². The minimum Gasteiger partial charge on any atom is -0.239 e. The van der Waals surface area contributed by atoms with E-state index >= 15 is 0 Å². The molecule has 90 valence electrons. The fraction of sp³-hybridized carbons (Fsp3) is 0.600. The van der Waals surface area contributed by atoms with Gasteiger partial charge in [-0.3, -0.25) is 0 Å². The fourth-order valence-electron chi connectivity index (χ4n) is 2.26. The first-order valence-corrected chi connectivity index (χ1v) is 5.84. The Bertz CT molecular complexity index is 354. The van der Waals surface area contributed by atoms with Crippen molar-refractivity contribution in [2.75, 3.05) is 0 Å². The summed E-state index contributed by atoms with van der Waals surface area (Å²) in [7, 11) is 0. The van der Waals surface area contributed by atoms with Gasteiger partial charge >= 0.3 is 0 Å². The summed E-state index contributed by atoms with van der Waals surface area (Å²) in [6, 6.07) is 4.13. The maximum atomic E-state index is 14.1. The van der Waals surface area contributed by atoms with Gasteiger partial charge in [0.05, 0.1) is 0 Å². The summed E-state index contributed by atoms with van der Waals surface area (Å²) in [5.41, 5.74) is 3.08. The highest BCUT2D eigenvalue weighted by Gasteiger charge is 2.26. The first kappa shape index (κ1) is 13.2. The summed E-state index contributed by atoms with van der Waals surface area (Å²) in [5.74, 6) is 0. The molecule has 0 aliphatic heterocycles. The standard InChI is InChI=1S/C15H23F/c1-10-8-12(14(3,4)5)11(2)13(9-10)15(6,7)16/h8-9H,1-7H3. The summed E-state index contributed by atoms with van der Waals surface area (Å²) in [5, 5.41) is 0. The second-order valence-corrected chi connectivity index (χ2v) is 6.21. The molecule has 1 aromatic carbocycles. The molecule has 0 aliphatic rings. The van der Waals surface area contributed by atoms with Gasteiger partial charge in [0.25, 0.3) is 0 Å². The molecule has 1 aromatic rings. The van der Waals surface area contributed by atoms with Gasteiger partial charge in [0.2, 0.25) is 0 Å². The molecule has 1 rings (SSSR count). The third-order valence-corrected chi connectivity index (χ3v) is 3.00. The molecule has 0 saturated carbocycles. The minimum absolute atomic E-state index is 0.0656. The van der Waals surface area contributed by atoms with Crippen LogP contribution >= 0.6 is 0 Å². The first-order chi connectivity index (χ1) is 7.03. The molecule has 0 saturated heterocycles. The van der Waals surface area contributed by atoms with Crippen LogP contribution in [0.5, 0.6) is 0 Å². The number of alkyl halides is 1. The molecule has 0 fully saturated rings. The van der Waals surface area contributed by atoms with Crippen LogP contribution in [0.25, 0.3) is 0 Å². The Morgan fingerprint density at radius 2 is 1.31 bits per heavy atom. The van der Waals surface area contributed by atoms with Gasteiger partial charge < -0.3 is 0 Å². The van der Waals surface area contributed by atoms with Crippen molar-refractivity contribution in [3.05, 3.63) is 34.4 Å². The Labute approximate surface area is 98.9 Å². The van der Waals surface area contributed by atoms with Gasteiger partial charge in [0, 0.05) is 0 Å². The zero-order valence-corrected chi connectivity index (χ0v) is 11.5. The quantitative estimate of drug-likeness (QED) is 0.640. The van der Waals surface area contributed by atoms with Crippen molar-refractivity contribution in [2.24, 2.45) is 0 Å². The van der Waals surface area contributed by atoms with Crippen molar-refractivity contribution in [3.63, 3.8) is 0 Å². The van der Waals surface area contributed by atoms with Crippen LogP contribution in [0.4, 0.5) is 4.39 Å². The van der Waals surface area contributed by atoms with E-state index in [0.717, 1.165) is 16.7 Å². The largest absolute Gasteiger partial charge is 0.239 e. The smallest absolute Gasteiger partial charge is 0.130 e. The van der Waals surface area contributed by atoms with Crippen LogP contribution in [0, 0.1) is 13.8 Å². The molecule has 0 atom stereocenters. The van der Waals surface area contributed by atoms with Crippen molar-refractivity contribution in [1.82, 2.24) is 0 Å². The predicted molar refractivity (Wildman–Crippen MR) is 68.8 cm³/mol. The Hall–Kier alpha value is -0.850. The number of hydrogen-bond acceptors (Lipinski definition) is 0. The van der Waals surface area contributed by atoms with Crippen LogP contribution in [0.3, 0.4) is 0 Å². The van der Waals surface area contributed by atoms with Crippen LogP contribution in [0.1, 0.15) is 56.9 Å². The molecule has 0 bridgehead atoms. The third-order valence-electron chi connectivity index (χ3n) is 3.00. The van der Waals surface area contributed by atoms with Gasteiger partial charge in [0.15, 0.2) is 0 Å². The van der Waals surface area contributed by atoms with E-state index in [2.05, 4.69) is 26.8 Å². The molecule has 16 heavy (non-hydrogen) atoms. The van der Waals surface area contributed by atoms with Crippen LogP contribution in [0.2, 0.25) is 0 Å². The van der Waals surface area contributed by atoms with E-state index in [-0.39, 0.29) is 5.41 Å². The van der Waals surface area contributed by atoms with Gasteiger partial charge in [-0.15, -0.1) is 0 Å². The van der Waals surface area contributed by atoms with E-state index in [4.69, 9.17) is 0 Å². The number of rotatable bonds is 1. The summed E-state index contributed by atoms with van der Waals surface area (Å²) in [6.45, 7) is 13.8. The van der Waals surface area contributed by atoms with E-state index in [9.17, 15) is 4.39 Å². The average Bonchev–Trinajstić information content (AvgIpc) is 2.04. The zero-order valence-electron chi connectivity index (χ0n) is 11.5. The second kappa shape index (κ2) is 3.87. The van der Waals surface area contributed by atoms with E-state index in [1.165, 1.54) is 5.56 Å². The highest BCUT2D eigenvalue weighted by molar-refractivity contribution is 5.43. The maximum Gasteiger partial charge on any atom is 0.130 e. The predicted octanol–water partition coefficient (Wildman–Crippen LogP) is 4.81. The topological polar surface area (TPSA) is 0 Å². The molecule has 0 N–H and O–H groups in total. The second-order valence-electron chi connectivity index (χ2n) is 6.21. The van der Waals surface area contributed by atoms with E-state index < -0.39 is 5.67 Å². The van der Waals surface area contributed by atoms with Crippen LogP contribution < -0.4 is 0 Å². The summed E-state index contributed by atoms with van der Waals surface area (Å²) < 4.78 is 14.1. The maximum absolute atomic E-state index is 14.1. The van der Waals surface area contributed by atoms with Gasteiger partial charge in [0.1, 0.15) is 5.67 Å². The molecule has 0 aliphatic carbocycles. The molecule has 0 spiro atoms. The summed E-state index contributed by atoms with van der Waals surface area (Å²) >= 11 is 0. The van der Waals surface area contributed by atoms with Gasteiger partial charge in [-0.2, -0.15) is 0 Å². The Morgan fingerprint density at radius 1 is 0.875 bits per heavy atom. The zero-order chi connectivity index (χ0) is 12.7. The molecule has 0 unspecified atom stereocenters. The van der Waals surface area contributed by atoms with Gasteiger partial charge in [-0.05, 0) is 49.8 Å². The molecule has 1 heteroatoms. The Balaban J connectivity index is 3.51. The van der Waals surface area contributed by atoms with E-state index in [1.54, 1.807) is 13.8 Å². The highest BCUT2D eigenvalue weighted by Crippen LogP contribution is 2.35. The number of halogens is 1. The van der Waals surface area contributed by atoms with Gasteiger partial charge in [-0.1, -0.05) is 38.5 Å². The first-order valence-electron chi connectivity index (χ1n) is 5.84. The third kappa shape index (κ3) is 2.63. The van der Waals surface area contributed by atoms with Crippen LogP contribution in [-0.4, -0.2) is 0 Å². The van der Waals surface area contributed by atoms with Crippen LogP contribution in [-0.2, 0) is 11.1 Å². The lowest BCUT2D eigenvalue weighted by Gasteiger charge is -2.27. The number of hydrogen-bond donors (Lipinski definition) is 0. The number of benzene rings is 1. The van der Waals surface area contributed by atoms with Crippen molar-refractivity contribution in [1.29, 1.82) is 0 Å². The van der Waals surface area contributed by atoms with E-state index in [0.29, 0.717) is 0 Å². The van der Waals surface area contributed by atoms with Crippen molar-refractivity contribution in [2.45, 2.75) is 59.5 Å². The molecule has 0 heterocycles. The van der Waals surface area contributed by atoms with Crippen molar-refractivity contribution >= 4 is 0 Å². The molecular formula is C15H23F. The SMILES string of the molecule is Cc1cc(C(C)(C)C)c(C)c(C(C)(C)F)c1. The number of aryl methyl sites for hydroxylation is 1. The average molecular weight is 222 g/mol. The van der Waals surface area contributed by atoms with Crippen molar-refractivity contribution < 1.29 is 4.39 Å². The molecule has 0 aromatic heterocycles. The fourth-order valence-corrected chi connectivity index (χ4v) is 2.26. The monoisotopic (exact) mass is 222 g/mol. The van der Waals surface area contributed by atoms with Gasteiger partial charge in [-0.25, -0.2) is 4.39 Å². The molecule has 0 nitrogen and oxygen atoms in total. The Kier molecular flexibility index (Phi) is 3.20. The molecular weight excluding hydrogens is 199 g/mol. The van der Waals surface area contributed by atoms with Crippen molar-refractivity contribution in [3.8, 4) is 0 Å².